The lowest BCUT2D eigenvalue weighted by Crippen LogP contribution is -2.18. The summed E-state index contributed by atoms with van der Waals surface area (Å²) in [5, 5.41) is 12.8. The monoisotopic (exact) mass is 269 g/mol. The normalized spacial score (nSPS) is 11.3. The molecular formula is C15H19N5. The molecular weight excluding hydrogens is 250 g/mol. The number of aryl methyl sites for hydroxylation is 2. The van der Waals surface area contributed by atoms with Gasteiger partial charge in [-0.05, 0) is 11.6 Å². The van der Waals surface area contributed by atoms with Crippen molar-refractivity contribution >= 4 is 10.9 Å². The van der Waals surface area contributed by atoms with Crippen LogP contribution in [0.2, 0.25) is 0 Å². The molecule has 2 aromatic heterocycles. The van der Waals surface area contributed by atoms with E-state index in [1.807, 2.05) is 11.6 Å². The second kappa shape index (κ2) is 5.46. The smallest absolute Gasteiger partial charge is 0.133 e. The number of nitrogens with zero attached hydrogens (tertiary/aromatic N) is 4. The number of rotatable bonds is 5. The Bertz CT molecular complexity index is 710. The lowest BCUT2D eigenvalue weighted by Gasteiger charge is -2.03. The summed E-state index contributed by atoms with van der Waals surface area (Å²) >= 11 is 0. The Morgan fingerprint density at radius 3 is 2.80 bits per heavy atom. The van der Waals surface area contributed by atoms with Crippen molar-refractivity contribution in [2.24, 2.45) is 14.1 Å². The van der Waals surface area contributed by atoms with Gasteiger partial charge < -0.3 is 14.5 Å². The van der Waals surface area contributed by atoms with Gasteiger partial charge in [0.1, 0.15) is 12.2 Å². The first-order valence-corrected chi connectivity index (χ1v) is 6.82. The highest BCUT2D eigenvalue weighted by atomic mass is 15.2. The maximum atomic E-state index is 4.08. The van der Waals surface area contributed by atoms with E-state index in [4.69, 9.17) is 0 Å². The molecule has 5 nitrogen and oxygen atoms in total. The second-order valence-electron chi connectivity index (χ2n) is 5.07. The number of para-hydroxylation sites is 1. The predicted molar refractivity (Wildman–Crippen MR) is 79.3 cm³/mol. The molecule has 0 unspecified atom stereocenters. The number of fused-ring (bicyclic) bond motifs is 1. The predicted octanol–water partition coefficient (Wildman–Crippen LogP) is 1.64. The third-order valence-corrected chi connectivity index (χ3v) is 3.63. The Morgan fingerprint density at radius 2 is 2.00 bits per heavy atom. The summed E-state index contributed by atoms with van der Waals surface area (Å²) in [7, 11) is 4.06. The molecule has 0 saturated carbocycles. The Morgan fingerprint density at radius 1 is 1.15 bits per heavy atom. The van der Waals surface area contributed by atoms with E-state index >= 15 is 0 Å². The van der Waals surface area contributed by atoms with Gasteiger partial charge in [-0.15, -0.1) is 10.2 Å². The molecule has 0 spiro atoms. The third-order valence-electron chi connectivity index (χ3n) is 3.63. The Kier molecular flexibility index (Phi) is 3.52. The fraction of sp³-hybridized carbons (Fsp3) is 0.333. The van der Waals surface area contributed by atoms with Crippen LogP contribution < -0.4 is 5.32 Å². The molecule has 0 radical (unpaired) electrons. The van der Waals surface area contributed by atoms with Crippen LogP contribution in [0.25, 0.3) is 10.9 Å². The minimum atomic E-state index is 0.874. The van der Waals surface area contributed by atoms with Crippen LogP contribution in [-0.2, 0) is 27.1 Å². The van der Waals surface area contributed by atoms with Crippen LogP contribution >= 0.6 is 0 Å². The van der Waals surface area contributed by atoms with Crippen LogP contribution in [0.4, 0.5) is 0 Å². The Labute approximate surface area is 118 Å². The highest BCUT2D eigenvalue weighted by molar-refractivity contribution is 5.83. The zero-order valence-corrected chi connectivity index (χ0v) is 11.9. The molecule has 5 heteroatoms. The van der Waals surface area contributed by atoms with E-state index in [1.165, 1.54) is 16.5 Å². The molecule has 0 aliphatic heterocycles. The van der Waals surface area contributed by atoms with E-state index in [1.54, 1.807) is 6.33 Å². The van der Waals surface area contributed by atoms with Gasteiger partial charge in [0, 0.05) is 50.7 Å². The molecule has 3 aromatic rings. The zero-order valence-electron chi connectivity index (χ0n) is 11.9. The average molecular weight is 269 g/mol. The average Bonchev–Trinajstić information content (AvgIpc) is 3.00. The minimum Gasteiger partial charge on any atom is -0.350 e. The summed E-state index contributed by atoms with van der Waals surface area (Å²) in [6.07, 6.45) is 4.82. The van der Waals surface area contributed by atoms with Gasteiger partial charge in [-0.1, -0.05) is 18.2 Å². The number of benzene rings is 1. The molecule has 2 heterocycles. The molecule has 3 rings (SSSR count). The van der Waals surface area contributed by atoms with Crippen molar-refractivity contribution in [3.05, 3.63) is 48.2 Å². The van der Waals surface area contributed by atoms with E-state index in [-0.39, 0.29) is 0 Å². The molecule has 104 valence electrons. The SMILES string of the molecule is Cn1cnnc1CCNCc1cn(C)c2ccccc12. The topological polar surface area (TPSA) is 47.7 Å². The van der Waals surface area contributed by atoms with Crippen LogP contribution in [0, 0.1) is 0 Å². The van der Waals surface area contributed by atoms with Gasteiger partial charge in [0.25, 0.3) is 0 Å². The van der Waals surface area contributed by atoms with Crippen LogP contribution in [-0.4, -0.2) is 25.9 Å². The zero-order chi connectivity index (χ0) is 13.9. The number of hydrogen-bond donors (Lipinski definition) is 1. The molecule has 0 saturated heterocycles. The summed E-state index contributed by atoms with van der Waals surface area (Å²) in [4.78, 5) is 0. The quantitative estimate of drug-likeness (QED) is 0.716. The van der Waals surface area contributed by atoms with Gasteiger partial charge in [-0.3, -0.25) is 0 Å². The van der Waals surface area contributed by atoms with Crippen molar-refractivity contribution in [1.82, 2.24) is 24.6 Å². The van der Waals surface area contributed by atoms with E-state index in [2.05, 4.69) is 57.6 Å². The lowest BCUT2D eigenvalue weighted by atomic mass is 10.2. The maximum Gasteiger partial charge on any atom is 0.133 e. The van der Waals surface area contributed by atoms with Gasteiger partial charge in [0.2, 0.25) is 0 Å². The first-order valence-electron chi connectivity index (χ1n) is 6.82. The first kappa shape index (κ1) is 12.9. The largest absolute Gasteiger partial charge is 0.350 e. The Hall–Kier alpha value is -2.14. The van der Waals surface area contributed by atoms with Crippen molar-refractivity contribution in [2.45, 2.75) is 13.0 Å². The summed E-state index contributed by atoms with van der Waals surface area (Å²) < 4.78 is 4.13. The van der Waals surface area contributed by atoms with E-state index < -0.39 is 0 Å². The van der Waals surface area contributed by atoms with Crippen molar-refractivity contribution < 1.29 is 0 Å². The number of aromatic nitrogens is 4. The molecule has 1 N–H and O–H groups in total. The van der Waals surface area contributed by atoms with Crippen molar-refractivity contribution in [2.75, 3.05) is 6.54 Å². The molecule has 0 aliphatic carbocycles. The summed E-state index contributed by atoms with van der Waals surface area (Å²) in [5.41, 5.74) is 2.61. The first-order chi connectivity index (χ1) is 9.75. The molecule has 0 amide bonds. The van der Waals surface area contributed by atoms with Crippen LogP contribution in [0.5, 0.6) is 0 Å². The fourth-order valence-electron chi connectivity index (χ4n) is 2.52. The molecule has 20 heavy (non-hydrogen) atoms. The van der Waals surface area contributed by atoms with Crippen molar-refractivity contribution in [1.29, 1.82) is 0 Å². The van der Waals surface area contributed by atoms with Crippen LogP contribution in [0.1, 0.15) is 11.4 Å². The second-order valence-corrected chi connectivity index (χ2v) is 5.07. The molecule has 0 aliphatic rings. The standard InChI is InChI=1S/C15H19N5/c1-19-10-12(13-5-3-4-6-14(13)19)9-16-8-7-15-18-17-11-20(15)2/h3-6,10-11,16H,7-9H2,1-2H3. The number of nitrogens with one attached hydrogen (secondary N) is 1. The van der Waals surface area contributed by atoms with Gasteiger partial charge in [0.05, 0.1) is 0 Å². The lowest BCUT2D eigenvalue weighted by molar-refractivity contribution is 0.654. The van der Waals surface area contributed by atoms with Gasteiger partial charge in [0.15, 0.2) is 0 Å². The van der Waals surface area contributed by atoms with Crippen LogP contribution in [0.15, 0.2) is 36.8 Å². The molecule has 0 bridgehead atoms. The van der Waals surface area contributed by atoms with Gasteiger partial charge in [-0.2, -0.15) is 0 Å². The van der Waals surface area contributed by atoms with Gasteiger partial charge >= 0.3 is 0 Å². The summed E-state index contributed by atoms with van der Waals surface area (Å²) in [6.45, 7) is 1.77. The fourth-order valence-corrected chi connectivity index (χ4v) is 2.52. The minimum absolute atomic E-state index is 0.874. The van der Waals surface area contributed by atoms with E-state index in [9.17, 15) is 0 Å². The third kappa shape index (κ3) is 2.44. The summed E-state index contributed by atoms with van der Waals surface area (Å²) in [6, 6.07) is 8.49. The highest BCUT2D eigenvalue weighted by Crippen LogP contribution is 2.19. The maximum absolute atomic E-state index is 4.08. The van der Waals surface area contributed by atoms with E-state index in [0.29, 0.717) is 0 Å². The van der Waals surface area contributed by atoms with E-state index in [0.717, 1.165) is 25.3 Å². The Balaban J connectivity index is 1.62. The van der Waals surface area contributed by atoms with Crippen molar-refractivity contribution in [3.63, 3.8) is 0 Å². The molecule has 0 fully saturated rings. The highest BCUT2D eigenvalue weighted by Gasteiger charge is 2.05. The summed E-state index contributed by atoms with van der Waals surface area (Å²) in [5.74, 6) is 1.01. The van der Waals surface area contributed by atoms with Gasteiger partial charge in [-0.25, -0.2) is 0 Å². The van der Waals surface area contributed by atoms with Crippen LogP contribution in [0.3, 0.4) is 0 Å². The molecule has 0 atom stereocenters. The van der Waals surface area contributed by atoms with Crippen molar-refractivity contribution in [3.8, 4) is 0 Å². The number of hydrogen-bond acceptors (Lipinski definition) is 3. The molecule has 1 aromatic carbocycles.